The third-order valence-electron chi connectivity index (χ3n) is 1.65. The molecule has 0 saturated carbocycles. The maximum Gasteiger partial charge on any atom is 0.300 e. The Balaban J connectivity index is 2.27. The minimum absolute atomic E-state index is 0.119. The largest absolute Gasteiger partial charge is 0.444 e. The molecular weight excluding hydrogens is 156 g/mol. The number of para-hydroxylation sites is 2. The van der Waals surface area contributed by atoms with Crippen molar-refractivity contribution in [3.8, 4) is 11.5 Å². The summed E-state index contributed by atoms with van der Waals surface area (Å²) in [5, 5.41) is 0. The van der Waals surface area contributed by atoms with Gasteiger partial charge >= 0.3 is 6.29 Å². The summed E-state index contributed by atoms with van der Waals surface area (Å²) in [4.78, 5) is 10.9. The van der Waals surface area contributed by atoms with Crippen LogP contribution >= 0.6 is 0 Å². The van der Waals surface area contributed by atoms with E-state index in [0.717, 1.165) is 0 Å². The van der Waals surface area contributed by atoms with Gasteiger partial charge in [-0.25, -0.2) is 0 Å². The second-order valence-electron chi connectivity index (χ2n) is 2.63. The zero-order valence-electron chi connectivity index (χ0n) is 6.61. The van der Waals surface area contributed by atoms with E-state index in [0.29, 0.717) is 11.5 Å². The van der Waals surface area contributed by atoms with E-state index in [-0.39, 0.29) is 5.78 Å². The lowest BCUT2D eigenvalue weighted by molar-refractivity contribution is -0.132. The van der Waals surface area contributed by atoms with Gasteiger partial charge < -0.3 is 9.47 Å². The molecule has 3 heteroatoms. The summed E-state index contributed by atoms with van der Waals surface area (Å²) in [6.07, 6.45) is -0.748. The molecule has 0 atom stereocenters. The van der Waals surface area contributed by atoms with Gasteiger partial charge in [0.1, 0.15) is 0 Å². The molecule has 0 amide bonds. The SMILES string of the molecule is CC(=O)C1Oc2ccccc2O1. The van der Waals surface area contributed by atoms with E-state index in [1.807, 2.05) is 12.1 Å². The number of hydrogen-bond donors (Lipinski definition) is 0. The van der Waals surface area contributed by atoms with Crippen molar-refractivity contribution in [1.82, 2.24) is 0 Å². The number of rotatable bonds is 1. The van der Waals surface area contributed by atoms with Gasteiger partial charge in [-0.15, -0.1) is 0 Å². The first kappa shape index (κ1) is 7.16. The maximum absolute atomic E-state index is 10.9. The highest BCUT2D eigenvalue weighted by Crippen LogP contribution is 2.33. The van der Waals surface area contributed by atoms with Gasteiger partial charge in [0.15, 0.2) is 11.5 Å². The summed E-state index contributed by atoms with van der Waals surface area (Å²) in [7, 11) is 0. The number of hydrogen-bond acceptors (Lipinski definition) is 3. The standard InChI is InChI=1S/C9H8O3/c1-6(10)9-11-7-4-2-3-5-8(7)12-9/h2-5,9H,1H3. The zero-order chi connectivity index (χ0) is 8.55. The van der Waals surface area contributed by atoms with E-state index < -0.39 is 6.29 Å². The molecule has 1 aliphatic rings. The Labute approximate surface area is 69.9 Å². The molecule has 12 heavy (non-hydrogen) atoms. The topological polar surface area (TPSA) is 35.5 Å². The number of fused-ring (bicyclic) bond motifs is 1. The molecule has 1 aromatic rings. The quantitative estimate of drug-likeness (QED) is 0.628. The minimum Gasteiger partial charge on any atom is -0.444 e. The van der Waals surface area contributed by atoms with E-state index >= 15 is 0 Å². The molecule has 0 N–H and O–H groups in total. The Morgan fingerprint density at radius 1 is 1.25 bits per heavy atom. The Kier molecular flexibility index (Phi) is 1.50. The first-order valence-electron chi connectivity index (χ1n) is 3.70. The van der Waals surface area contributed by atoms with Crippen LogP contribution in [0, 0.1) is 0 Å². The lowest BCUT2D eigenvalue weighted by atomic mass is 10.3. The Morgan fingerprint density at radius 3 is 2.17 bits per heavy atom. The number of ketones is 1. The molecular formula is C9H8O3. The molecule has 0 saturated heterocycles. The van der Waals surface area contributed by atoms with Gasteiger partial charge in [-0.1, -0.05) is 12.1 Å². The molecule has 1 aromatic carbocycles. The average Bonchev–Trinajstić information content (AvgIpc) is 2.46. The van der Waals surface area contributed by atoms with Gasteiger partial charge in [0.05, 0.1) is 0 Å². The van der Waals surface area contributed by atoms with Crippen LogP contribution in [-0.4, -0.2) is 12.1 Å². The fourth-order valence-electron chi connectivity index (χ4n) is 1.07. The fourth-order valence-corrected chi connectivity index (χ4v) is 1.07. The molecule has 0 unspecified atom stereocenters. The van der Waals surface area contributed by atoms with Gasteiger partial charge in [0, 0.05) is 6.92 Å². The van der Waals surface area contributed by atoms with Crippen LogP contribution in [0.15, 0.2) is 24.3 Å². The predicted molar refractivity (Wildman–Crippen MR) is 42.2 cm³/mol. The molecule has 0 bridgehead atoms. The van der Waals surface area contributed by atoms with Crippen LogP contribution in [0.25, 0.3) is 0 Å². The van der Waals surface area contributed by atoms with Crippen molar-refractivity contribution >= 4 is 5.78 Å². The van der Waals surface area contributed by atoms with Gasteiger partial charge in [-0.05, 0) is 12.1 Å². The highest BCUT2D eigenvalue weighted by molar-refractivity contribution is 5.80. The van der Waals surface area contributed by atoms with E-state index in [9.17, 15) is 4.79 Å². The Morgan fingerprint density at radius 2 is 1.75 bits per heavy atom. The number of carbonyl (C=O) groups excluding carboxylic acids is 1. The zero-order valence-corrected chi connectivity index (χ0v) is 6.61. The molecule has 0 fully saturated rings. The van der Waals surface area contributed by atoms with E-state index in [1.54, 1.807) is 12.1 Å². The summed E-state index contributed by atoms with van der Waals surface area (Å²) in [6, 6.07) is 7.23. The molecule has 2 rings (SSSR count). The molecule has 0 aliphatic carbocycles. The van der Waals surface area contributed by atoms with Crippen LogP contribution < -0.4 is 9.47 Å². The Bertz CT molecular complexity index is 294. The van der Waals surface area contributed by atoms with E-state index in [2.05, 4.69) is 0 Å². The third-order valence-corrected chi connectivity index (χ3v) is 1.65. The summed E-state index contributed by atoms with van der Waals surface area (Å²) in [6.45, 7) is 1.44. The monoisotopic (exact) mass is 164 g/mol. The van der Waals surface area contributed by atoms with Crippen molar-refractivity contribution in [3.05, 3.63) is 24.3 Å². The second-order valence-corrected chi connectivity index (χ2v) is 2.63. The van der Waals surface area contributed by atoms with Gasteiger partial charge in [-0.3, -0.25) is 4.79 Å². The summed E-state index contributed by atoms with van der Waals surface area (Å²) >= 11 is 0. The van der Waals surface area contributed by atoms with Crippen molar-refractivity contribution in [2.75, 3.05) is 0 Å². The fraction of sp³-hybridized carbons (Fsp3) is 0.222. The van der Waals surface area contributed by atoms with Crippen molar-refractivity contribution in [2.45, 2.75) is 13.2 Å². The smallest absolute Gasteiger partial charge is 0.300 e. The minimum atomic E-state index is -0.748. The average molecular weight is 164 g/mol. The number of ether oxygens (including phenoxy) is 2. The summed E-state index contributed by atoms with van der Waals surface area (Å²) in [5.74, 6) is 1.15. The second kappa shape index (κ2) is 2.52. The molecule has 0 spiro atoms. The molecule has 0 radical (unpaired) electrons. The molecule has 3 nitrogen and oxygen atoms in total. The first-order chi connectivity index (χ1) is 5.77. The van der Waals surface area contributed by atoms with E-state index in [1.165, 1.54) is 6.92 Å². The number of carbonyl (C=O) groups is 1. The van der Waals surface area contributed by atoms with Crippen LogP contribution in [0.5, 0.6) is 11.5 Å². The summed E-state index contributed by atoms with van der Waals surface area (Å²) < 4.78 is 10.4. The predicted octanol–water partition coefficient (Wildman–Crippen LogP) is 1.37. The highest BCUT2D eigenvalue weighted by Gasteiger charge is 2.26. The van der Waals surface area contributed by atoms with Crippen molar-refractivity contribution in [3.63, 3.8) is 0 Å². The van der Waals surface area contributed by atoms with Crippen LogP contribution in [0.2, 0.25) is 0 Å². The van der Waals surface area contributed by atoms with Crippen LogP contribution in [0.4, 0.5) is 0 Å². The normalized spacial score (nSPS) is 14.8. The van der Waals surface area contributed by atoms with Gasteiger partial charge in [-0.2, -0.15) is 0 Å². The maximum atomic E-state index is 10.9. The highest BCUT2D eigenvalue weighted by atomic mass is 16.7. The summed E-state index contributed by atoms with van der Waals surface area (Å²) in [5.41, 5.74) is 0. The van der Waals surface area contributed by atoms with Crippen molar-refractivity contribution in [2.24, 2.45) is 0 Å². The van der Waals surface area contributed by atoms with Crippen LogP contribution in [0.1, 0.15) is 6.92 Å². The van der Waals surface area contributed by atoms with E-state index in [4.69, 9.17) is 9.47 Å². The number of Topliss-reactive ketones (excluding diaryl/α,β-unsaturated/α-hetero) is 1. The van der Waals surface area contributed by atoms with Crippen LogP contribution in [-0.2, 0) is 4.79 Å². The molecule has 62 valence electrons. The third kappa shape index (κ3) is 1.03. The van der Waals surface area contributed by atoms with Gasteiger partial charge in [0.25, 0.3) is 0 Å². The lowest BCUT2D eigenvalue weighted by Gasteiger charge is -2.03. The van der Waals surface area contributed by atoms with Crippen molar-refractivity contribution < 1.29 is 14.3 Å². The molecule has 0 aromatic heterocycles. The lowest BCUT2D eigenvalue weighted by Crippen LogP contribution is -2.26. The first-order valence-corrected chi connectivity index (χ1v) is 3.70. The van der Waals surface area contributed by atoms with Gasteiger partial charge in [0.2, 0.25) is 5.78 Å². The molecule has 1 heterocycles. The Hall–Kier alpha value is -1.51. The molecule has 1 aliphatic heterocycles. The van der Waals surface area contributed by atoms with Crippen molar-refractivity contribution in [1.29, 1.82) is 0 Å². The van der Waals surface area contributed by atoms with Crippen LogP contribution in [0.3, 0.4) is 0 Å². The number of benzene rings is 1.